The molecule has 0 bridgehead atoms. The summed E-state index contributed by atoms with van der Waals surface area (Å²) in [5, 5.41) is 12.7. The Morgan fingerprint density at radius 3 is 2.72 bits per heavy atom. The van der Waals surface area contributed by atoms with Crippen molar-refractivity contribution in [1.82, 2.24) is 4.90 Å². The summed E-state index contributed by atoms with van der Waals surface area (Å²) in [5.74, 6) is -0.767. The van der Waals surface area contributed by atoms with Crippen LogP contribution < -0.4 is 5.32 Å². The van der Waals surface area contributed by atoms with Crippen molar-refractivity contribution in [2.45, 2.75) is 63.3 Å². The molecule has 2 aliphatic carbocycles. The molecule has 3 aliphatic rings. The Morgan fingerprint density at radius 2 is 2.00 bits per heavy atom. The molecule has 1 aromatic rings. The lowest BCUT2D eigenvalue weighted by atomic mass is 9.83. The van der Waals surface area contributed by atoms with Gasteiger partial charge in [-0.05, 0) is 44.2 Å². The molecule has 2 saturated carbocycles. The van der Waals surface area contributed by atoms with Gasteiger partial charge in [-0.15, -0.1) is 0 Å². The van der Waals surface area contributed by atoms with E-state index in [0.29, 0.717) is 12.0 Å². The van der Waals surface area contributed by atoms with Crippen LogP contribution in [-0.2, 0) is 9.53 Å². The quantitative estimate of drug-likeness (QED) is 0.875. The Bertz CT molecular complexity index is 688. The van der Waals surface area contributed by atoms with Gasteiger partial charge in [-0.3, -0.25) is 4.90 Å². The van der Waals surface area contributed by atoms with E-state index in [1.54, 1.807) is 0 Å². The minimum absolute atomic E-state index is 0.0362. The molecule has 4 atom stereocenters. The summed E-state index contributed by atoms with van der Waals surface area (Å²) in [6.07, 6.45) is 3.61. The highest BCUT2D eigenvalue weighted by Crippen LogP contribution is 2.50. The number of amides is 1. The van der Waals surface area contributed by atoms with Gasteiger partial charge < -0.3 is 15.2 Å². The van der Waals surface area contributed by atoms with E-state index in [2.05, 4.69) is 17.4 Å². The molecule has 2 fully saturated rings. The summed E-state index contributed by atoms with van der Waals surface area (Å²) >= 11 is 0. The van der Waals surface area contributed by atoms with Crippen molar-refractivity contribution in [2.75, 3.05) is 5.32 Å². The number of ether oxygens (including phenoxy) is 1. The molecule has 6 heteroatoms. The number of aliphatic carboxylic acids is 1. The van der Waals surface area contributed by atoms with Crippen LogP contribution in [0.3, 0.4) is 0 Å². The summed E-state index contributed by atoms with van der Waals surface area (Å²) in [5.41, 5.74) is 2.21. The predicted octanol–water partition coefficient (Wildman–Crippen LogP) is 3.40. The number of para-hydroxylation sites is 1. The maximum atomic E-state index is 12.9. The van der Waals surface area contributed by atoms with E-state index in [9.17, 15) is 9.59 Å². The fourth-order valence-electron chi connectivity index (χ4n) is 4.32. The van der Waals surface area contributed by atoms with Crippen molar-refractivity contribution < 1.29 is 19.4 Å². The van der Waals surface area contributed by atoms with Gasteiger partial charge in [-0.1, -0.05) is 24.6 Å². The van der Waals surface area contributed by atoms with E-state index in [4.69, 9.17) is 9.84 Å². The lowest BCUT2D eigenvalue weighted by Crippen LogP contribution is -2.47. The number of nitrogens with one attached hydrogen (secondary N) is 1. The average Bonchev–Trinajstić information content (AvgIpc) is 3.31. The van der Waals surface area contributed by atoms with E-state index in [1.807, 2.05) is 17.0 Å². The second-order valence-electron chi connectivity index (χ2n) is 7.38. The molecule has 1 aliphatic heterocycles. The maximum Gasteiger partial charge on any atom is 0.411 e. The number of hydrogen-bond acceptors (Lipinski definition) is 4. The highest BCUT2D eigenvalue weighted by atomic mass is 16.6. The van der Waals surface area contributed by atoms with Crippen LogP contribution in [0.1, 0.15) is 50.6 Å². The lowest BCUT2D eigenvalue weighted by Gasteiger charge is -2.43. The van der Waals surface area contributed by atoms with E-state index in [1.165, 1.54) is 6.92 Å². The number of carboxylic acid groups (broad SMARTS) is 1. The van der Waals surface area contributed by atoms with Crippen molar-refractivity contribution in [3.63, 3.8) is 0 Å². The highest BCUT2D eigenvalue weighted by Gasteiger charge is 2.48. The molecule has 1 amide bonds. The third kappa shape index (κ3) is 2.94. The molecule has 0 radical (unpaired) electrons. The normalized spacial score (nSPS) is 28.3. The van der Waals surface area contributed by atoms with Crippen LogP contribution in [0.5, 0.6) is 0 Å². The van der Waals surface area contributed by atoms with Gasteiger partial charge in [0.15, 0.2) is 6.10 Å². The van der Waals surface area contributed by atoms with Gasteiger partial charge in [0.2, 0.25) is 0 Å². The number of anilines is 1. The molecular formula is C19H24N2O4. The fraction of sp³-hybridized carbons (Fsp3) is 0.579. The molecule has 6 nitrogen and oxygen atoms in total. The fourth-order valence-corrected chi connectivity index (χ4v) is 4.32. The van der Waals surface area contributed by atoms with Gasteiger partial charge in [0, 0.05) is 23.7 Å². The third-order valence-electron chi connectivity index (χ3n) is 5.67. The monoisotopic (exact) mass is 344 g/mol. The van der Waals surface area contributed by atoms with Crippen LogP contribution in [0.25, 0.3) is 0 Å². The Labute approximate surface area is 147 Å². The standard InChI is InChI=1S/C19H24N2O4/c1-11(18(22)23)25-19(24)21(12-9-10-12)17-13-5-2-3-7-15(13)20-16-8-4-6-14(16)17/h2-3,5,7,11-12,14,16-17,20H,4,6,8-10H2,1H3,(H,22,23)/t11-,14?,16?,17?/m1/s1. The average molecular weight is 344 g/mol. The Morgan fingerprint density at radius 1 is 1.24 bits per heavy atom. The first-order valence-corrected chi connectivity index (χ1v) is 9.13. The number of carbonyl (C=O) groups is 2. The van der Waals surface area contributed by atoms with E-state index >= 15 is 0 Å². The number of rotatable bonds is 4. The summed E-state index contributed by atoms with van der Waals surface area (Å²) in [4.78, 5) is 25.8. The van der Waals surface area contributed by atoms with E-state index in [0.717, 1.165) is 43.4 Å². The minimum atomic E-state index is -1.13. The van der Waals surface area contributed by atoms with Crippen molar-refractivity contribution in [3.8, 4) is 0 Å². The zero-order valence-corrected chi connectivity index (χ0v) is 14.4. The smallest absolute Gasteiger partial charge is 0.411 e. The Hall–Kier alpha value is -2.24. The Balaban J connectivity index is 1.68. The van der Waals surface area contributed by atoms with Crippen LogP contribution in [0, 0.1) is 5.92 Å². The van der Waals surface area contributed by atoms with Crippen LogP contribution in [-0.4, -0.2) is 40.3 Å². The van der Waals surface area contributed by atoms with E-state index < -0.39 is 18.2 Å². The molecule has 0 aromatic heterocycles. The highest BCUT2D eigenvalue weighted by molar-refractivity contribution is 5.78. The van der Waals surface area contributed by atoms with Gasteiger partial charge in [-0.25, -0.2) is 9.59 Å². The number of benzene rings is 1. The molecule has 2 N–H and O–H groups in total. The van der Waals surface area contributed by atoms with Gasteiger partial charge >= 0.3 is 12.1 Å². The molecule has 3 unspecified atom stereocenters. The van der Waals surface area contributed by atoms with Crippen molar-refractivity contribution >= 4 is 17.7 Å². The van der Waals surface area contributed by atoms with Crippen molar-refractivity contribution in [3.05, 3.63) is 29.8 Å². The molecule has 4 rings (SSSR count). The summed E-state index contributed by atoms with van der Waals surface area (Å²) in [6.45, 7) is 1.40. The molecule has 0 spiro atoms. The van der Waals surface area contributed by atoms with Gasteiger partial charge in [-0.2, -0.15) is 0 Å². The lowest BCUT2D eigenvalue weighted by molar-refractivity contribution is -0.146. The summed E-state index contributed by atoms with van der Waals surface area (Å²) < 4.78 is 5.26. The SMILES string of the molecule is C[C@@H](OC(=O)N(C1CC1)C1c2ccccc2NC2CCCC21)C(=O)O. The number of hydrogen-bond donors (Lipinski definition) is 2. The molecule has 1 heterocycles. The van der Waals surface area contributed by atoms with Crippen molar-refractivity contribution in [1.29, 1.82) is 0 Å². The molecular weight excluding hydrogens is 320 g/mol. The summed E-state index contributed by atoms with van der Waals surface area (Å²) in [7, 11) is 0. The largest absolute Gasteiger partial charge is 0.479 e. The van der Waals surface area contributed by atoms with Crippen LogP contribution >= 0.6 is 0 Å². The van der Waals surface area contributed by atoms with Gasteiger partial charge in [0.05, 0.1) is 6.04 Å². The molecule has 25 heavy (non-hydrogen) atoms. The van der Waals surface area contributed by atoms with Crippen LogP contribution in [0.4, 0.5) is 10.5 Å². The minimum Gasteiger partial charge on any atom is -0.479 e. The number of fused-ring (bicyclic) bond motifs is 2. The molecule has 0 saturated heterocycles. The summed E-state index contributed by atoms with van der Waals surface area (Å²) in [6, 6.07) is 8.63. The second kappa shape index (κ2) is 6.24. The number of nitrogens with zero attached hydrogens (tertiary/aromatic N) is 1. The first-order valence-electron chi connectivity index (χ1n) is 9.13. The molecule has 134 valence electrons. The van der Waals surface area contributed by atoms with Gasteiger partial charge in [0.1, 0.15) is 0 Å². The number of carbonyl (C=O) groups excluding carboxylic acids is 1. The van der Waals surface area contributed by atoms with Gasteiger partial charge in [0.25, 0.3) is 0 Å². The topological polar surface area (TPSA) is 78.9 Å². The zero-order chi connectivity index (χ0) is 17.6. The number of carboxylic acids is 1. The molecule has 1 aromatic carbocycles. The van der Waals surface area contributed by atoms with E-state index in [-0.39, 0.29) is 12.1 Å². The van der Waals surface area contributed by atoms with Crippen molar-refractivity contribution in [2.24, 2.45) is 5.92 Å². The third-order valence-corrected chi connectivity index (χ3v) is 5.67. The Kier molecular flexibility index (Phi) is 4.06. The zero-order valence-electron chi connectivity index (χ0n) is 14.4. The first kappa shape index (κ1) is 16.2. The van der Waals surface area contributed by atoms with Crippen LogP contribution in [0.15, 0.2) is 24.3 Å². The van der Waals surface area contributed by atoms with Crippen LogP contribution in [0.2, 0.25) is 0 Å². The predicted molar refractivity (Wildman–Crippen MR) is 92.4 cm³/mol. The first-order chi connectivity index (χ1) is 12.1. The maximum absolute atomic E-state index is 12.9. The second-order valence-corrected chi connectivity index (χ2v) is 7.38.